The third kappa shape index (κ3) is 4.33. The Bertz CT molecular complexity index is 108. The highest BCUT2D eigenvalue weighted by molar-refractivity contribution is 7.46. The van der Waals surface area contributed by atoms with Crippen molar-refractivity contribution in [2.75, 3.05) is 14.2 Å². The first kappa shape index (κ1) is 12.3. The zero-order chi connectivity index (χ0) is 9.56. The van der Waals surface area contributed by atoms with E-state index >= 15 is 0 Å². The molecule has 0 saturated heterocycles. The van der Waals surface area contributed by atoms with Gasteiger partial charge >= 0.3 is 0 Å². The molecular formula is C7H17O4P. The van der Waals surface area contributed by atoms with Crippen molar-refractivity contribution in [1.82, 2.24) is 0 Å². The van der Waals surface area contributed by atoms with E-state index < -0.39 is 14.4 Å². The van der Waals surface area contributed by atoms with Crippen LogP contribution in [0.25, 0.3) is 0 Å². The Morgan fingerprint density at radius 3 is 2.17 bits per heavy atom. The Hall–Kier alpha value is 0.270. The molecule has 74 valence electrons. The van der Waals surface area contributed by atoms with Gasteiger partial charge in [-0.2, -0.15) is 0 Å². The van der Waals surface area contributed by atoms with Crippen LogP contribution in [0.5, 0.6) is 0 Å². The van der Waals surface area contributed by atoms with Crippen LogP contribution < -0.4 is 0 Å². The Kier molecular flexibility index (Phi) is 6.90. The third-order valence-corrected chi connectivity index (χ3v) is 2.80. The van der Waals surface area contributed by atoms with Crippen LogP contribution in [0, 0.1) is 0 Å². The molecule has 1 N–H and O–H groups in total. The second-order valence-corrected chi connectivity index (χ2v) is 3.64. The van der Waals surface area contributed by atoms with Crippen molar-refractivity contribution in [2.24, 2.45) is 0 Å². The van der Waals surface area contributed by atoms with Crippen molar-refractivity contribution in [2.45, 2.75) is 32.4 Å². The monoisotopic (exact) mass is 196 g/mol. The van der Waals surface area contributed by atoms with Crippen molar-refractivity contribution in [3.05, 3.63) is 0 Å². The summed E-state index contributed by atoms with van der Waals surface area (Å²) in [5.74, 6) is 0. The van der Waals surface area contributed by atoms with Gasteiger partial charge in [0.2, 0.25) is 14.4 Å². The van der Waals surface area contributed by atoms with E-state index in [1.807, 2.05) is 13.8 Å². The van der Waals surface area contributed by atoms with Crippen LogP contribution in [0.3, 0.4) is 0 Å². The van der Waals surface area contributed by atoms with Gasteiger partial charge in [0.25, 0.3) is 0 Å². The lowest BCUT2D eigenvalue weighted by Crippen LogP contribution is -2.15. The number of hydrogen-bond donors (Lipinski definition) is 1. The highest BCUT2D eigenvalue weighted by atomic mass is 31.2. The molecule has 0 aromatic carbocycles. The second-order valence-electron chi connectivity index (χ2n) is 2.41. The maximum absolute atomic E-state index is 9.40. The van der Waals surface area contributed by atoms with Gasteiger partial charge in [-0.1, -0.05) is 6.92 Å². The summed E-state index contributed by atoms with van der Waals surface area (Å²) in [4.78, 5) is 9.40. The van der Waals surface area contributed by atoms with Crippen LogP contribution >= 0.6 is 8.38 Å². The maximum atomic E-state index is 9.40. The fourth-order valence-corrected chi connectivity index (χ4v) is 1.56. The Morgan fingerprint density at radius 2 is 1.83 bits per heavy atom. The zero-order valence-corrected chi connectivity index (χ0v) is 8.88. The summed E-state index contributed by atoms with van der Waals surface area (Å²) in [6, 6.07) is -0.644. The van der Waals surface area contributed by atoms with E-state index in [1.165, 1.54) is 14.2 Å². The molecule has 0 aliphatic carbocycles. The predicted octanol–water partition coefficient (Wildman–Crippen LogP) is 1.68. The quantitative estimate of drug-likeness (QED) is 0.518. The van der Waals surface area contributed by atoms with Crippen LogP contribution in [-0.4, -0.2) is 31.2 Å². The minimum atomic E-state index is -1.63. The van der Waals surface area contributed by atoms with E-state index in [0.717, 1.165) is 6.42 Å². The lowest BCUT2D eigenvalue weighted by molar-refractivity contribution is -0.0546. The Morgan fingerprint density at radius 1 is 1.33 bits per heavy atom. The maximum Gasteiger partial charge on any atom is 0.229 e. The highest BCUT2D eigenvalue weighted by Gasteiger charge is 2.21. The number of methoxy groups -OCH3 is 2. The molecule has 2 atom stereocenters. The van der Waals surface area contributed by atoms with Crippen LogP contribution in [-0.2, 0) is 14.0 Å². The average molecular weight is 196 g/mol. The van der Waals surface area contributed by atoms with Crippen LogP contribution in [0.15, 0.2) is 0 Å². The fourth-order valence-electron chi connectivity index (χ4n) is 0.585. The first-order valence-corrected chi connectivity index (χ1v) is 5.14. The lowest BCUT2D eigenvalue weighted by atomic mass is 10.3. The molecule has 2 unspecified atom stereocenters. The highest BCUT2D eigenvalue weighted by Crippen LogP contribution is 2.40. The summed E-state index contributed by atoms with van der Waals surface area (Å²) in [5, 5.41) is 0. The normalized spacial score (nSPS) is 16.5. The van der Waals surface area contributed by atoms with Gasteiger partial charge in [0.1, 0.15) is 0 Å². The second kappa shape index (κ2) is 6.75. The molecule has 0 radical (unpaired) electrons. The molecule has 0 aliphatic rings. The molecule has 12 heavy (non-hydrogen) atoms. The van der Waals surface area contributed by atoms with Gasteiger partial charge in [-0.3, -0.25) is 0 Å². The number of ether oxygens (including phenoxy) is 2. The summed E-state index contributed by atoms with van der Waals surface area (Å²) in [6.07, 6.45) is 0.897. The predicted molar refractivity (Wildman–Crippen MR) is 47.8 cm³/mol. The Balaban J connectivity index is 3.75. The zero-order valence-electron chi connectivity index (χ0n) is 7.98. The van der Waals surface area contributed by atoms with E-state index in [2.05, 4.69) is 0 Å². The molecule has 0 fully saturated rings. The first-order chi connectivity index (χ1) is 5.65. The van der Waals surface area contributed by atoms with Gasteiger partial charge in [-0.25, -0.2) is 0 Å². The van der Waals surface area contributed by atoms with Gasteiger partial charge in [0.05, 0.1) is 6.10 Å². The molecule has 0 aliphatic heterocycles. The van der Waals surface area contributed by atoms with Gasteiger partial charge < -0.3 is 18.9 Å². The van der Waals surface area contributed by atoms with Crippen LogP contribution in [0.2, 0.25) is 0 Å². The van der Waals surface area contributed by atoms with E-state index in [1.54, 1.807) is 0 Å². The molecule has 0 aromatic heterocycles. The standard InChI is InChI=1S/C7H17O4P/c1-5-6(2)11-12(8)7(9-3)10-4/h6-8H,5H2,1-4H3. The molecule has 5 heteroatoms. The van der Waals surface area contributed by atoms with Crippen molar-refractivity contribution in [3.8, 4) is 0 Å². The third-order valence-electron chi connectivity index (χ3n) is 1.45. The summed E-state index contributed by atoms with van der Waals surface area (Å²) < 4.78 is 14.9. The summed E-state index contributed by atoms with van der Waals surface area (Å²) in [5.41, 5.74) is 0. The molecule has 0 rings (SSSR count). The molecule has 0 bridgehead atoms. The molecule has 0 heterocycles. The lowest BCUT2D eigenvalue weighted by Gasteiger charge is -2.21. The van der Waals surface area contributed by atoms with E-state index in [0.29, 0.717) is 0 Å². The Labute approximate surface area is 74.7 Å². The molecular weight excluding hydrogens is 179 g/mol. The van der Waals surface area contributed by atoms with Crippen molar-refractivity contribution < 1.29 is 18.9 Å². The molecule has 4 nitrogen and oxygen atoms in total. The van der Waals surface area contributed by atoms with Gasteiger partial charge in [-0.05, 0) is 13.3 Å². The minimum Gasteiger partial charge on any atom is -0.348 e. The molecule has 0 amide bonds. The fraction of sp³-hybridized carbons (Fsp3) is 1.00. The first-order valence-electron chi connectivity index (χ1n) is 3.86. The van der Waals surface area contributed by atoms with Gasteiger partial charge in [0, 0.05) is 14.2 Å². The van der Waals surface area contributed by atoms with Crippen molar-refractivity contribution >= 4 is 8.38 Å². The van der Waals surface area contributed by atoms with Crippen LogP contribution in [0.1, 0.15) is 20.3 Å². The molecule has 0 saturated carbocycles. The number of hydrogen-bond acceptors (Lipinski definition) is 4. The largest absolute Gasteiger partial charge is 0.348 e. The van der Waals surface area contributed by atoms with Crippen molar-refractivity contribution in [1.29, 1.82) is 0 Å². The summed E-state index contributed by atoms with van der Waals surface area (Å²) in [6.45, 7) is 3.89. The topological polar surface area (TPSA) is 47.9 Å². The van der Waals surface area contributed by atoms with Gasteiger partial charge in [-0.15, -0.1) is 0 Å². The van der Waals surface area contributed by atoms with Crippen LogP contribution in [0.4, 0.5) is 0 Å². The molecule has 0 spiro atoms. The smallest absolute Gasteiger partial charge is 0.229 e. The van der Waals surface area contributed by atoms with E-state index in [4.69, 9.17) is 14.0 Å². The summed E-state index contributed by atoms with van der Waals surface area (Å²) in [7, 11) is 1.31. The SMILES string of the molecule is CCC(C)OP(O)C(OC)OC. The summed E-state index contributed by atoms with van der Waals surface area (Å²) >= 11 is 0. The van der Waals surface area contributed by atoms with Crippen molar-refractivity contribution in [3.63, 3.8) is 0 Å². The number of rotatable bonds is 6. The van der Waals surface area contributed by atoms with E-state index in [-0.39, 0.29) is 6.10 Å². The van der Waals surface area contributed by atoms with Gasteiger partial charge in [0.15, 0.2) is 0 Å². The molecule has 0 aromatic rings. The average Bonchev–Trinajstić information content (AvgIpc) is 2.06. The minimum absolute atomic E-state index is 0.0360. The van der Waals surface area contributed by atoms with E-state index in [9.17, 15) is 4.89 Å².